The van der Waals surface area contributed by atoms with Gasteiger partial charge in [0.15, 0.2) is 0 Å². The highest BCUT2D eigenvalue weighted by molar-refractivity contribution is 6.30. The Morgan fingerprint density at radius 1 is 1.58 bits per heavy atom. The number of hydrogen-bond acceptors (Lipinski definition) is 3. The third-order valence-corrected chi connectivity index (χ3v) is 3.54. The summed E-state index contributed by atoms with van der Waals surface area (Å²) in [5, 5.41) is 6.83. The number of nitrogens with one attached hydrogen (secondary N) is 2. The molecule has 0 spiro atoms. The molecule has 0 radical (unpaired) electrons. The monoisotopic (exact) mass is 282 g/mol. The van der Waals surface area contributed by atoms with Crippen molar-refractivity contribution in [1.29, 1.82) is 0 Å². The number of ether oxygens (including phenoxy) is 1. The van der Waals surface area contributed by atoms with Gasteiger partial charge in [-0.25, -0.2) is 0 Å². The van der Waals surface area contributed by atoms with Crippen LogP contribution in [-0.4, -0.2) is 31.2 Å². The van der Waals surface area contributed by atoms with Gasteiger partial charge in [0.25, 0.3) is 0 Å². The minimum absolute atomic E-state index is 0.0420. The maximum absolute atomic E-state index is 12.2. The first kappa shape index (κ1) is 14.3. The van der Waals surface area contributed by atoms with Gasteiger partial charge in [-0.1, -0.05) is 23.7 Å². The van der Waals surface area contributed by atoms with Crippen LogP contribution in [0.25, 0.3) is 0 Å². The van der Waals surface area contributed by atoms with Gasteiger partial charge in [0.2, 0.25) is 5.91 Å². The van der Waals surface area contributed by atoms with Gasteiger partial charge in [0.05, 0.1) is 18.8 Å². The SMILES string of the molecule is CC(NC(=O)[C@H]1NCCO[C@@H]1C)c1cccc(Cl)c1. The first-order chi connectivity index (χ1) is 9.08. The molecular weight excluding hydrogens is 264 g/mol. The molecule has 2 rings (SSSR count). The zero-order chi connectivity index (χ0) is 13.8. The standard InChI is InChI=1S/C14H19ClN2O2/c1-9(11-4-3-5-12(15)8-11)17-14(18)13-10(2)19-7-6-16-13/h3-5,8-10,13,16H,6-7H2,1-2H3,(H,17,18)/t9?,10-,13+/m1/s1. The molecule has 1 aromatic carbocycles. The molecule has 3 atom stereocenters. The average Bonchev–Trinajstić information content (AvgIpc) is 2.39. The van der Waals surface area contributed by atoms with Gasteiger partial charge < -0.3 is 15.4 Å². The molecule has 2 N–H and O–H groups in total. The van der Waals surface area contributed by atoms with E-state index in [9.17, 15) is 4.79 Å². The number of halogens is 1. The van der Waals surface area contributed by atoms with Gasteiger partial charge in [-0.3, -0.25) is 4.79 Å². The zero-order valence-electron chi connectivity index (χ0n) is 11.2. The third-order valence-electron chi connectivity index (χ3n) is 3.31. The van der Waals surface area contributed by atoms with Gasteiger partial charge in [-0.05, 0) is 31.5 Å². The molecule has 1 aromatic rings. The Morgan fingerprint density at radius 3 is 3.05 bits per heavy atom. The van der Waals surface area contributed by atoms with Crippen molar-refractivity contribution in [2.75, 3.05) is 13.2 Å². The summed E-state index contributed by atoms with van der Waals surface area (Å²) in [6.07, 6.45) is -0.111. The molecule has 1 unspecified atom stereocenters. The molecule has 1 fully saturated rings. The van der Waals surface area contributed by atoms with E-state index in [1.807, 2.05) is 38.1 Å². The first-order valence-corrected chi connectivity index (χ1v) is 6.86. The highest BCUT2D eigenvalue weighted by Gasteiger charge is 2.29. The summed E-state index contributed by atoms with van der Waals surface area (Å²) in [5.41, 5.74) is 0.991. The Kier molecular flexibility index (Phi) is 4.80. The summed E-state index contributed by atoms with van der Waals surface area (Å²) < 4.78 is 5.47. The summed E-state index contributed by atoms with van der Waals surface area (Å²) in [6, 6.07) is 7.13. The lowest BCUT2D eigenvalue weighted by Crippen LogP contribution is -2.55. The first-order valence-electron chi connectivity index (χ1n) is 6.49. The summed E-state index contributed by atoms with van der Waals surface area (Å²) in [7, 11) is 0. The summed E-state index contributed by atoms with van der Waals surface area (Å²) >= 11 is 5.95. The predicted molar refractivity (Wildman–Crippen MR) is 75.2 cm³/mol. The molecule has 19 heavy (non-hydrogen) atoms. The normalized spacial score (nSPS) is 24.8. The van der Waals surface area contributed by atoms with Crippen LogP contribution >= 0.6 is 11.6 Å². The summed E-state index contributed by atoms with van der Waals surface area (Å²) in [5.74, 6) is -0.0420. The minimum Gasteiger partial charge on any atom is -0.375 e. The van der Waals surface area contributed by atoms with Crippen LogP contribution in [0.15, 0.2) is 24.3 Å². The molecule has 0 saturated carbocycles. The number of morpholine rings is 1. The van der Waals surface area contributed by atoms with Crippen molar-refractivity contribution in [3.63, 3.8) is 0 Å². The third kappa shape index (κ3) is 3.69. The molecule has 1 aliphatic rings. The van der Waals surface area contributed by atoms with Crippen LogP contribution in [0, 0.1) is 0 Å². The van der Waals surface area contributed by atoms with Crippen LogP contribution in [-0.2, 0) is 9.53 Å². The van der Waals surface area contributed by atoms with Gasteiger partial charge in [0.1, 0.15) is 6.04 Å². The highest BCUT2D eigenvalue weighted by Crippen LogP contribution is 2.17. The number of benzene rings is 1. The van der Waals surface area contributed by atoms with Crippen molar-refractivity contribution in [2.24, 2.45) is 0 Å². The second-order valence-corrected chi connectivity index (χ2v) is 5.23. The van der Waals surface area contributed by atoms with E-state index in [1.165, 1.54) is 0 Å². The van der Waals surface area contributed by atoms with Crippen LogP contribution in [0.3, 0.4) is 0 Å². The Bertz CT molecular complexity index is 453. The van der Waals surface area contributed by atoms with Crippen LogP contribution in [0.1, 0.15) is 25.5 Å². The fraction of sp³-hybridized carbons (Fsp3) is 0.500. The molecule has 5 heteroatoms. The fourth-order valence-electron chi connectivity index (χ4n) is 2.19. The van der Waals surface area contributed by atoms with Crippen LogP contribution in [0.4, 0.5) is 0 Å². The van der Waals surface area contributed by atoms with E-state index in [1.54, 1.807) is 0 Å². The fourth-order valence-corrected chi connectivity index (χ4v) is 2.39. The molecule has 0 bridgehead atoms. The van der Waals surface area contributed by atoms with Crippen molar-refractivity contribution in [3.05, 3.63) is 34.9 Å². The lowest BCUT2D eigenvalue weighted by Gasteiger charge is -2.30. The van der Waals surface area contributed by atoms with E-state index in [4.69, 9.17) is 16.3 Å². The summed E-state index contributed by atoms with van der Waals surface area (Å²) in [6.45, 7) is 5.20. The van der Waals surface area contributed by atoms with E-state index in [2.05, 4.69) is 10.6 Å². The number of amides is 1. The molecule has 1 amide bonds. The molecule has 0 aromatic heterocycles. The molecular formula is C14H19ClN2O2. The molecule has 1 aliphatic heterocycles. The van der Waals surface area contributed by atoms with Crippen LogP contribution < -0.4 is 10.6 Å². The van der Waals surface area contributed by atoms with E-state index in [0.717, 1.165) is 5.56 Å². The van der Waals surface area contributed by atoms with Crippen molar-refractivity contribution in [3.8, 4) is 0 Å². The Morgan fingerprint density at radius 2 is 2.37 bits per heavy atom. The van der Waals surface area contributed by atoms with Crippen molar-refractivity contribution in [1.82, 2.24) is 10.6 Å². The van der Waals surface area contributed by atoms with Crippen molar-refractivity contribution >= 4 is 17.5 Å². The lowest BCUT2D eigenvalue weighted by molar-refractivity contribution is -0.129. The van der Waals surface area contributed by atoms with E-state index in [-0.39, 0.29) is 24.1 Å². The van der Waals surface area contributed by atoms with E-state index < -0.39 is 0 Å². The largest absolute Gasteiger partial charge is 0.375 e. The van der Waals surface area contributed by atoms with Gasteiger partial charge in [-0.2, -0.15) is 0 Å². The second kappa shape index (κ2) is 6.37. The minimum atomic E-state index is -0.296. The lowest BCUT2D eigenvalue weighted by atomic mass is 10.1. The number of rotatable bonds is 3. The average molecular weight is 283 g/mol. The van der Waals surface area contributed by atoms with Crippen LogP contribution in [0.5, 0.6) is 0 Å². The molecule has 4 nitrogen and oxygen atoms in total. The van der Waals surface area contributed by atoms with Gasteiger partial charge >= 0.3 is 0 Å². The Balaban J connectivity index is 1.98. The van der Waals surface area contributed by atoms with Gasteiger partial charge in [0, 0.05) is 11.6 Å². The molecule has 1 saturated heterocycles. The molecule has 104 valence electrons. The Hall–Kier alpha value is -1.10. The second-order valence-electron chi connectivity index (χ2n) is 4.79. The molecule has 1 heterocycles. The highest BCUT2D eigenvalue weighted by atomic mass is 35.5. The quantitative estimate of drug-likeness (QED) is 0.890. The maximum atomic E-state index is 12.2. The number of carbonyl (C=O) groups is 1. The number of hydrogen-bond donors (Lipinski definition) is 2. The summed E-state index contributed by atoms with van der Waals surface area (Å²) in [4.78, 5) is 12.2. The van der Waals surface area contributed by atoms with Gasteiger partial charge in [-0.15, -0.1) is 0 Å². The zero-order valence-corrected chi connectivity index (χ0v) is 11.9. The predicted octanol–water partition coefficient (Wildman–Crippen LogP) is 1.89. The number of carbonyl (C=O) groups excluding carboxylic acids is 1. The van der Waals surface area contributed by atoms with Crippen molar-refractivity contribution in [2.45, 2.75) is 32.0 Å². The topological polar surface area (TPSA) is 50.4 Å². The Labute approximate surface area is 118 Å². The van der Waals surface area contributed by atoms with E-state index in [0.29, 0.717) is 18.2 Å². The van der Waals surface area contributed by atoms with E-state index >= 15 is 0 Å². The molecule has 0 aliphatic carbocycles. The maximum Gasteiger partial charge on any atom is 0.240 e. The van der Waals surface area contributed by atoms with Crippen molar-refractivity contribution < 1.29 is 9.53 Å². The smallest absolute Gasteiger partial charge is 0.240 e. The van der Waals surface area contributed by atoms with Crippen LogP contribution in [0.2, 0.25) is 5.02 Å².